The van der Waals surface area contributed by atoms with Crippen molar-refractivity contribution in [2.24, 2.45) is 0 Å². The third-order valence-corrected chi connectivity index (χ3v) is 5.41. The lowest BCUT2D eigenvalue weighted by Crippen LogP contribution is -2.31. The molecule has 0 saturated heterocycles. The average Bonchev–Trinajstić information content (AvgIpc) is 2.85. The predicted octanol–water partition coefficient (Wildman–Crippen LogP) is 4.80. The molecule has 3 aromatic carbocycles. The van der Waals surface area contributed by atoms with Crippen LogP contribution in [-0.4, -0.2) is 18.5 Å². The highest BCUT2D eigenvalue weighted by Gasteiger charge is 2.20. The predicted molar refractivity (Wildman–Crippen MR) is 126 cm³/mol. The summed E-state index contributed by atoms with van der Waals surface area (Å²) in [6, 6.07) is 23.2. The van der Waals surface area contributed by atoms with Gasteiger partial charge in [-0.25, -0.2) is 4.79 Å². The smallest absolute Gasteiger partial charge is 0.342 e. The van der Waals surface area contributed by atoms with E-state index in [0.717, 1.165) is 11.1 Å². The Morgan fingerprint density at radius 1 is 0.939 bits per heavy atom. The molecule has 0 spiro atoms. The van der Waals surface area contributed by atoms with Crippen molar-refractivity contribution < 1.29 is 18.7 Å². The standard InChI is InChI=1S/C27H23NO5/c1-17-24(30)21-14-9-15-22(26(21)33-25(17)20-12-7-4-8-13-20)27(31)32-16-23(29)28-18(2)19-10-5-3-6-11-19/h3-15,18H,16H2,1-2H3,(H,28,29). The second kappa shape index (κ2) is 9.53. The summed E-state index contributed by atoms with van der Waals surface area (Å²) >= 11 is 0. The van der Waals surface area contributed by atoms with Crippen molar-refractivity contribution >= 4 is 22.8 Å². The van der Waals surface area contributed by atoms with E-state index in [-0.39, 0.29) is 28.0 Å². The van der Waals surface area contributed by atoms with Crippen LogP contribution in [0.1, 0.15) is 34.5 Å². The van der Waals surface area contributed by atoms with E-state index >= 15 is 0 Å². The molecule has 0 bridgehead atoms. The first-order chi connectivity index (χ1) is 16.0. The van der Waals surface area contributed by atoms with Crippen LogP contribution >= 0.6 is 0 Å². The van der Waals surface area contributed by atoms with Gasteiger partial charge in [-0.05, 0) is 31.5 Å². The first-order valence-corrected chi connectivity index (χ1v) is 10.6. The van der Waals surface area contributed by atoms with Gasteiger partial charge in [0.2, 0.25) is 0 Å². The van der Waals surface area contributed by atoms with Gasteiger partial charge in [0.1, 0.15) is 11.3 Å². The largest absolute Gasteiger partial charge is 0.455 e. The third-order valence-electron chi connectivity index (χ3n) is 5.41. The first-order valence-electron chi connectivity index (χ1n) is 10.6. The van der Waals surface area contributed by atoms with E-state index in [1.165, 1.54) is 6.07 Å². The first kappa shape index (κ1) is 22.0. The molecule has 33 heavy (non-hydrogen) atoms. The third kappa shape index (κ3) is 4.70. The van der Waals surface area contributed by atoms with Crippen LogP contribution in [0.2, 0.25) is 0 Å². The van der Waals surface area contributed by atoms with Crippen LogP contribution in [0.5, 0.6) is 0 Å². The lowest BCUT2D eigenvalue weighted by molar-refractivity contribution is -0.124. The Kier molecular flexibility index (Phi) is 6.36. The minimum Gasteiger partial charge on any atom is -0.455 e. The average molecular weight is 441 g/mol. The summed E-state index contributed by atoms with van der Waals surface area (Å²) < 4.78 is 11.3. The van der Waals surface area contributed by atoms with Gasteiger partial charge < -0.3 is 14.5 Å². The molecule has 1 atom stereocenters. The number of hydrogen-bond acceptors (Lipinski definition) is 5. The fourth-order valence-corrected chi connectivity index (χ4v) is 3.65. The fraction of sp³-hybridized carbons (Fsp3) is 0.148. The summed E-state index contributed by atoms with van der Waals surface area (Å²) in [5, 5.41) is 3.08. The molecule has 1 aromatic heterocycles. The molecule has 1 unspecified atom stereocenters. The Balaban J connectivity index is 1.56. The number of carbonyl (C=O) groups is 2. The second-order valence-corrected chi connectivity index (χ2v) is 7.71. The van der Waals surface area contributed by atoms with Crippen LogP contribution in [0.25, 0.3) is 22.3 Å². The zero-order valence-corrected chi connectivity index (χ0v) is 18.3. The van der Waals surface area contributed by atoms with E-state index in [9.17, 15) is 14.4 Å². The van der Waals surface area contributed by atoms with Gasteiger partial charge >= 0.3 is 5.97 Å². The monoisotopic (exact) mass is 441 g/mol. The van der Waals surface area contributed by atoms with Crippen molar-refractivity contribution in [3.05, 3.63) is 106 Å². The van der Waals surface area contributed by atoms with Gasteiger partial charge in [0, 0.05) is 11.1 Å². The number of benzene rings is 3. The van der Waals surface area contributed by atoms with Crippen LogP contribution in [0, 0.1) is 6.92 Å². The number of hydrogen-bond donors (Lipinski definition) is 1. The van der Waals surface area contributed by atoms with E-state index < -0.39 is 18.5 Å². The Hall–Kier alpha value is -4.19. The summed E-state index contributed by atoms with van der Waals surface area (Å²) in [4.78, 5) is 38.0. The van der Waals surface area contributed by atoms with Gasteiger partial charge in [-0.15, -0.1) is 0 Å². The van der Waals surface area contributed by atoms with E-state index in [1.807, 2.05) is 67.6 Å². The molecule has 0 aliphatic heterocycles. The Labute approximate surface area is 190 Å². The molecule has 0 radical (unpaired) electrons. The molecule has 6 nitrogen and oxygen atoms in total. The number of ether oxygens (including phenoxy) is 1. The zero-order chi connectivity index (χ0) is 23.4. The number of rotatable bonds is 6. The molecule has 0 saturated carbocycles. The van der Waals surface area contributed by atoms with Crippen LogP contribution in [0.4, 0.5) is 0 Å². The van der Waals surface area contributed by atoms with E-state index in [1.54, 1.807) is 19.1 Å². The van der Waals surface area contributed by atoms with Gasteiger partial charge in [-0.1, -0.05) is 66.7 Å². The second-order valence-electron chi connectivity index (χ2n) is 7.71. The van der Waals surface area contributed by atoms with Crippen molar-refractivity contribution in [1.29, 1.82) is 0 Å². The maximum absolute atomic E-state index is 12.9. The molecule has 0 aliphatic rings. The van der Waals surface area contributed by atoms with Crippen LogP contribution in [0.3, 0.4) is 0 Å². The quantitative estimate of drug-likeness (QED) is 0.434. The summed E-state index contributed by atoms with van der Waals surface area (Å²) in [7, 11) is 0. The number of nitrogens with one attached hydrogen (secondary N) is 1. The normalized spacial score (nSPS) is 11.7. The lowest BCUT2D eigenvalue weighted by Gasteiger charge is -2.14. The number of carbonyl (C=O) groups excluding carboxylic acids is 2. The van der Waals surface area contributed by atoms with Crippen molar-refractivity contribution in [1.82, 2.24) is 5.32 Å². The number of para-hydroxylation sites is 1. The van der Waals surface area contributed by atoms with Gasteiger partial charge in [-0.3, -0.25) is 9.59 Å². The lowest BCUT2D eigenvalue weighted by atomic mass is 10.0. The van der Waals surface area contributed by atoms with Crippen molar-refractivity contribution in [3.8, 4) is 11.3 Å². The zero-order valence-electron chi connectivity index (χ0n) is 18.3. The molecule has 166 valence electrons. The summed E-state index contributed by atoms with van der Waals surface area (Å²) in [5.74, 6) is -0.779. The summed E-state index contributed by atoms with van der Waals surface area (Å²) in [6.45, 7) is 3.09. The molecule has 4 aromatic rings. The maximum atomic E-state index is 12.9. The number of amides is 1. The van der Waals surface area contributed by atoms with Gasteiger partial charge in [0.25, 0.3) is 5.91 Å². The minimum atomic E-state index is -0.742. The molecular weight excluding hydrogens is 418 g/mol. The fourth-order valence-electron chi connectivity index (χ4n) is 3.65. The molecule has 0 aliphatic carbocycles. The Morgan fingerprint density at radius 3 is 2.30 bits per heavy atom. The molecule has 1 heterocycles. The summed E-state index contributed by atoms with van der Waals surface area (Å²) in [5.41, 5.74) is 2.12. The molecule has 0 fully saturated rings. The number of esters is 1. The van der Waals surface area contributed by atoms with Crippen LogP contribution < -0.4 is 10.7 Å². The topological polar surface area (TPSA) is 85.6 Å². The highest BCUT2D eigenvalue weighted by Crippen LogP contribution is 2.27. The van der Waals surface area contributed by atoms with E-state index in [4.69, 9.17) is 9.15 Å². The highest BCUT2D eigenvalue weighted by atomic mass is 16.5. The van der Waals surface area contributed by atoms with Crippen molar-refractivity contribution in [2.75, 3.05) is 6.61 Å². The molecule has 1 amide bonds. The van der Waals surface area contributed by atoms with Crippen molar-refractivity contribution in [2.45, 2.75) is 19.9 Å². The molecule has 4 rings (SSSR count). The SMILES string of the molecule is Cc1c(-c2ccccc2)oc2c(C(=O)OCC(=O)NC(C)c3ccccc3)cccc2c1=O. The number of fused-ring (bicyclic) bond motifs is 1. The van der Waals surface area contributed by atoms with E-state index in [2.05, 4.69) is 5.32 Å². The Morgan fingerprint density at radius 2 is 1.61 bits per heavy atom. The van der Waals surface area contributed by atoms with Gasteiger partial charge in [0.05, 0.1) is 11.4 Å². The minimum absolute atomic E-state index is 0.0886. The van der Waals surface area contributed by atoms with Crippen molar-refractivity contribution in [3.63, 3.8) is 0 Å². The Bertz CT molecular complexity index is 1360. The molecule has 6 heteroatoms. The molecule has 1 N–H and O–H groups in total. The van der Waals surface area contributed by atoms with Crippen LogP contribution in [-0.2, 0) is 9.53 Å². The summed E-state index contributed by atoms with van der Waals surface area (Å²) in [6.07, 6.45) is 0. The van der Waals surface area contributed by atoms with E-state index in [0.29, 0.717) is 11.3 Å². The molecular formula is C27H23NO5. The van der Waals surface area contributed by atoms with Gasteiger partial charge in [0.15, 0.2) is 17.6 Å². The van der Waals surface area contributed by atoms with Crippen LogP contribution in [0.15, 0.2) is 88.1 Å². The highest BCUT2D eigenvalue weighted by molar-refractivity contribution is 6.02. The maximum Gasteiger partial charge on any atom is 0.342 e. The van der Waals surface area contributed by atoms with Gasteiger partial charge in [-0.2, -0.15) is 0 Å².